The lowest BCUT2D eigenvalue weighted by Gasteiger charge is -2.16. The summed E-state index contributed by atoms with van der Waals surface area (Å²) in [6.45, 7) is 6.13. The molecule has 0 saturated heterocycles. The summed E-state index contributed by atoms with van der Waals surface area (Å²) in [5, 5.41) is 6.04. The molecule has 0 aliphatic rings. The van der Waals surface area contributed by atoms with Gasteiger partial charge in [0.2, 0.25) is 0 Å². The van der Waals surface area contributed by atoms with Crippen molar-refractivity contribution >= 4 is 10.8 Å². The van der Waals surface area contributed by atoms with E-state index < -0.39 is 0 Å². The predicted octanol–water partition coefficient (Wildman–Crippen LogP) is 2.89. The summed E-state index contributed by atoms with van der Waals surface area (Å²) in [5.74, 6) is 0.958. The van der Waals surface area contributed by atoms with Crippen molar-refractivity contribution in [2.24, 2.45) is 0 Å². The second-order valence-electron chi connectivity index (χ2n) is 5.04. The predicted molar refractivity (Wildman–Crippen MR) is 85.4 cm³/mol. The van der Waals surface area contributed by atoms with Crippen LogP contribution in [-0.2, 0) is 6.54 Å². The van der Waals surface area contributed by atoms with Crippen LogP contribution >= 0.6 is 0 Å². The van der Waals surface area contributed by atoms with Crippen LogP contribution in [0.1, 0.15) is 12.5 Å². The van der Waals surface area contributed by atoms with E-state index in [1.807, 2.05) is 0 Å². The van der Waals surface area contributed by atoms with Gasteiger partial charge in [-0.1, -0.05) is 37.3 Å². The Bertz CT molecular complexity index is 554. The van der Waals surface area contributed by atoms with E-state index >= 15 is 0 Å². The highest BCUT2D eigenvalue weighted by atomic mass is 16.5. The van der Waals surface area contributed by atoms with E-state index in [4.69, 9.17) is 4.74 Å². The number of nitrogens with zero attached hydrogens (tertiary/aromatic N) is 1. The fourth-order valence-electron chi connectivity index (χ4n) is 2.33. The normalized spacial score (nSPS) is 11.2. The van der Waals surface area contributed by atoms with Crippen LogP contribution in [-0.4, -0.2) is 38.7 Å². The van der Waals surface area contributed by atoms with Gasteiger partial charge in [-0.05, 0) is 30.4 Å². The first-order chi connectivity index (χ1) is 9.76. The zero-order valence-electron chi connectivity index (χ0n) is 12.6. The average molecular weight is 272 g/mol. The second kappa shape index (κ2) is 7.27. The maximum atomic E-state index is 5.50. The smallest absolute Gasteiger partial charge is 0.123 e. The first kappa shape index (κ1) is 14.8. The summed E-state index contributed by atoms with van der Waals surface area (Å²) in [5.41, 5.74) is 1.24. The van der Waals surface area contributed by atoms with Crippen molar-refractivity contribution in [3.8, 4) is 5.75 Å². The first-order valence-electron chi connectivity index (χ1n) is 7.20. The molecule has 2 rings (SSSR count). The van der Waals surface area contributed by atoms with Gasteiger partial charge in [0, 0.05) is 25.2 Å². The Morgan fingerprint density at radius 1 is 1.15 bits per heavy atom. The summed E-state index contributed by atoms with van der Waals surface area (Å²) in [6.07, 6.45) is 0. The molecule has 0 saturated carbocycles. The summed E-state index contributed by atoms with van der Waals surface area (Å²) in [7, 11) is 3.87. The lowest BCUT2D eigenvalue weighted by Crippen LogP contribution is -2.28. The van der Waals surface area contributed by atoms with E-state index in [0.717, 1.165) is 31.9 Å². The van der Waals surface area contributed by atoms with Crippen molar-refractivity contribution < 1.29 is 4.74 Å². The van der Waals surface area contributed by atoms with Crippen LogP contribution in [0, 0.1) is 0 Å². The Balaban J connectivity index is 2.11. The van der Waals surface area contributed by atoms with Crippen LogP contribution < -0.4 is 10.1 Å². The van der Waals surface area contributed by atoms with Crippen LogP contribution in [0.25, 0.3) is 10.8 Å². The standard InChI is InChI=1S/C17H24N2O/c1-4-19(2)12-11-18-13-16-15-8-6-5-7-14(15)9-10-17(16)20-3/h5-10,18H,4,11-13H2,1-3H3. The average Bonchev–Trinajstić information content (AvgIpc) is 2.50. The molecule has 3 heteroatoms. The molecule has 0 aromatic heterocycles. The summed E-state index contributed by atoms with van der Waals surface area (Å²) >= 11 is 0. The number of benzene rings is 2. The number of likely N-dealkylation sites (N-methyl/N-ethyl adjacent to an activating group) is 1. The van der Waals surface area contributed by atoms with Crippen molar-refractivity contribution in [2.45, 2.75) is 13.5 Å². The molecule has 3 nitrogen and oxygen atoms in total. The SMILES string of the molecule is CCN(C)CCNCc1c(OC)ccc2ccccc12. The van der Waals surface area contributed by atoms with E-state index in [-0.39, 0.29) is 0 Å². The van der Waals surface area contributed by atoms with Crippen LogP contribution in [0.2, 0.25) is 0 Å². The third-order valence-electron chi connectivity index (χ3n) is 3.73. The molecule has 2 aromatic carbocycles. The summed E-state index contributed by atoms with van der Waals surface area (Å²) in [6, 6.07) is 12.6. The van der Waals surface area contributed by atoms with Gasteiger partial charge in [0.1, 0.15) is 5.75 Å². The van der Waals surface area contributed by atoms with Crippen molar-refractivity contribution in [1.29, 1.82) is 0 Å². The Morgan fingerprint density at radius 2 is 1.95 bits per heavy atom. The summed E-state index contributed by atoms with van der Waals surface area (Å²) < 4.78 is 5.50. The molecular formula is C17H24N2O. The Labute approximate surface area is 121 Å². The lowest BCUT2D eigenvalue weighted by molar-refractivity contribution is 0.348. The Kier molecular flexibility index (Phi) is 5.39. The molecule has 0 spiro atoms. The van der Waals surface area contributed by atoms with Gasteiger partial charge < -0.3 is 15.0 Å². The van der Waals surface area contributed by atoms with Crippen molar-refractivity contribution in [2.75, 3.05) is 33.8 Å². The quantitative estimate of drug-likeness (QED) is 0.784. The van der Waals surface area contributed by atoms with Crippen molar-refractivity contribution in [3.63, 3.8) is 0 Å². The molecule has 0 amide bonds. The number of rotatable bonds is 7. The van der Waals surface area contributed by atoms with Gasteiger partial charge >= 0.3 is 0 Å². The van der Waals surface area contributed by atoms with Gasteiger partial charge in [0.05, 0.1) is 7.11 Å². The van der Waals surface area contributed by atoms with Gasteiger partial charge in [-0.3, -0.25) is 0 Å². The first-order valence-corrected chi connectivity index (χ1v) is 7.20. The Hall–Kier alpha value is -1.58. The van der Waals surface area contributed by atoms with Crippen LogP contribution in [0.5, 0.6) is 5.75 Å². The van der Waals surface area contributed by atoms with Crippen LogP contribution in [0.3, 0.4) is 0 Å². The number of methoxy groups -OCH3 is 1. The van der Waals surface area contributed by atoms with Gasteiger partial charge in [0.25, 0.3) is 0 Å². The highest BCUT2D eigenvalue weighted by molar-refractivity contribution is 5.87. The number of hydrogen-bond acceptors (Lipinski definition) is 3. The second-order valence-corrected chi connectivity index (χ2v) is 5.04. The van der Waals surface area contributed by atoms with Crippen LogP contribution in [0.4, 0.5) is 0 Å². The molecule has 0 heterocycles. The molecular weight excluding hydrogens is 248 g/mol. The molecule has 0 atom stereocenters. The zero-order valence-corrected chi connectivity index (χ0v) is 12.6. The number of hydrogen-bond donors (Lipinski definition) is 1. The minimum absolute atomic E-state index is 0.835. The Morgan fingerprint density at radius 3 is 2.70 bits per heavy atom. The topological polar surface area (TPSA) is 24.5 Å². The van der Waals surface area contributed by atoms with E-state index in [1.54, 1.807) is 7.11 Å². The number of fused-ring (bicyclic) bond motifs is 1. The van der Waals surface area contributed by atoms with Gasteiger partial charge in [0.15, 0.2) is 0 Å². The fraction of sp³-hybridized carbons (Fsp3) is 0.412. The van der Waals surface area contributed by atoms with E-state index in [9.17, 15) is 0 Å². The molecule has 0 fully saturated rings. The van der Waals surface area contributed by atoms with Crippen molar-refractivity contribution in [1.82, 2.24) is 10.2 Å². The third kappa shape index (κ3) is 3.50. The molecule has 0 radical (unpaired) electrons. The highest BCUT2D eigenvalue weighted by Crippen LogP contribution is 2.27. The minimum atomic E-state index is 0.835. The zero-order chi connectivity index (χ0) is 14.4. The number of ether oxygens (including phenoxy) is 1. The molecule has 2 aromatic rings. The maximum Gasteiger partial charge on any atom is 0.123 e. The lowest BCUT2D eigenvalue weighted by atomic mass is 10.0. The van der Waals surface area contributed by atoms with Crippen LogP contribution in [0.15, 0.2) is 36.4 Å². The van der Waals surface area contributed by atoms with Gasteiger partial charge in [-0.25, -0.2) is 0 Å². The molecule has 20 heavy (non-hydrogen) atoms. The fourth-order valence-corrected chi connectivity index (χ4v) is 2.33. The molecule has 0 aliphatic carbocycles. The molecule has 0 aliphatic heterocycles. The van der Waals surface area contributed by atoms with Crippen molar-refractivity contribution in [3.05, 3.63) is 42.0 Å². The maximum absolute atomic E-state index is 5.50. The largest absolute Gasteiger partial charge is 0.496 e. The van der Waals surface area contributed by atoms with Gasteiger partial charge in [-0.2, -0.15) is 0 Å². The molecule has 1 N–H and O–H groups in total. The summed E-state index contributed by atoms with van der Waals surface area (Å²) in [4.78, 5) is 2.30. The van der Waals surface area contributed by atoms with E-state index in [1.165, 1.54) is 16.3 Å². The van der Waals surface area contributed by atoms with Gasteiger partial charge in [-0.15, -0.1) is 0 Å². The highest BCUT2D eigenvalue weighted by Gasteiger charge is 2.07. The monoisotopic (exact) mass is 272 g/mol. The number of nitrogens with one attached hydrogen (secondary N) is 1. The molecule has 0 unspecified atom stereocenters. The van der Waals surface area contributed by atoms with E-state index in [0.29, 0.717) is 0 Å². The third-order valence-corrected chi connectivity index (χ3v) is 3.73. The minimum Gasteiger partial charge on any atom is -0.496 e. The molecule has 108 valence electrons. The van der Waals surface area contributed by atoms with E-state index in [2.05, 4.69) is 60.6 Å². The molecule has 0 bridgehead atoms.